The van der Waals surface area contributed by atoms with E-state index in [0.717, 1.165) is 32.8 Å². The molecule has 0 aromatic carbocycles. The second kappa shape index (κ2) is 6.55. The van der Waals surface area contributed by atoms with Crippen LogP contribution in [0, 0.1) is 0 Å². The van der Waals surface area contributed by atoms with Crippen molar-refractivity contribution in [3.8, 4) is 0 Å². The first kappa shape index (κ1) is 12.3. The van der Waals surface area contributed by atoms with Gasteiger partial charge in [0.05, 0.1) is 13.2 Å². The van der Waals surface area contributed by atoms with E-state index in [0.29, 0.717) is 6.04 Å². The average Bonchev–Trinajstić information content (AvgIpc) is 2.31. The van der Waals surface area contributed by atoms with Crippen molar-refractivity contribution in [2.75, 3.05) is 32.8 Å². The molecule has 2 N–H and O–H groups in total. The summed E-state index contributed by atoms with van der Waals surface area (Å²) in [5.74, 6) is 0. The van der Waals surface area contributed by atoms with Crippen LogP contribution in [-0.4, -0.2) is 55.1 Å². The van der Waals surface area contributed by atoms with Crippen molar-refractivity contribution in [3.63, 3.8) is 0 Å². The highest BCUT2D eigenvalue weighted by Crippen LogP contribution is 2.17. The molecule has 1 saturated heterocycles. The van der Waals surface area contributed by atoms with Crippen LogP contribution in [0.4, 0.5) is 0 Å². The fraction of sp³-hybridized carbons (Fsp3) is 1.00. The van der Waals surface area contributed by atoms with E-state index in [9.17, 15) is 5.11 Å². The summed E-state index contributed by atoms with van der Waals surface area (Å²) in [5.41, 5.74) is 0. The van der Waals surface area contributed by atoms with E-state index >= 15 is 0 Å². The molecule has 0 spiro atoms. The molecule has 0 aromatic rings. The van der Waals surface area contributed by atoms with Crippen molar-refractivity contribution in [1.29, 1.82) is 0 Å². The van der Waals surface area contributed by atoms with Gasteiger partial charge in [0.25, 0.3) is 0 Å². The summed E-state index contributed by atoms with van der Waals surface area (Å²) < 4.78 is 5.29. The average molecular weight is 228 g/mol. The molecule has 2 rings (SSSR count). The van der Waals surface area contributed by atoms with Crippen molar-refractivity contribution in [3.05, 3.63) is 0 Å². The number of aliphatic hydroxyl groups is 1. The number of nitrogens with zero attached hydrogens (tertiary/aromatic N) is 1. The number of hydrogen-bond acceptors (Lipinski definition) is 4. The normalized spacial score (nSPS) is 26.8. The van der Waals surface area contributed by atoms with E-state index in [1.165, 1.54) is 32.1 Å². The molecule has 4 heteroatoms. The Labute approximate surface area is 98.0 Å². The number of nitrogens with one attached hydrogen (secondary N) is 1. The molecule has 0 amide bonds. The molecule has 1 aliphatic carbocycles. The third-order valence-corrected chi connectivity index (χ3v) is 3.57. The van der Waals surface area contributed by atoms with Crippen LogP contribution in [0.1, 0.15) is 32.1 Å². The first-order valence-corrected chi connectivity index (χ1v) is 6.59. The molecule has 94 valence electrons. The number of β-amino-alcohol motifs (C(OH)–C–C–N with tert-alkyl or cyclic N) is 1. The largest absolute Gasteiger partial charge is 0.379 e. The fourth-order valence-corrected chi connectivity index (χ4v) is 2.62. The standard InChI is InChI=1S/C12H24N2O2/c15-12(10-14-6-8-16-9-7-14)13-11-4-2-1-3-5-11/h11-13,15H,1-10H2. The van der Waals surface area contributed by atoms with Crippen molar-refractivity contribution in [2.45, 2.75) is 44.4 Å². The summed E-state index contributed by atoms with van der Waals surface area (Å²) in [4.78, 5) is 2.27. The van der Waals surface area contributed by atoms with Gasteiger partial charge < -0.3 is 9.84 Å². The fourth-order valence-electron chi connectivity index (χ4n) is 2.62. The number of aliphatic hydroxyl groups excluding tert-OH is 1. The molecule has 0 radical (unpaired) electrons. The molecule has 2 fully saturated rings. The van der Waals surface area contributed by atoms with Crippen molar-refractivity contribution >= 4 is 0 Å². The van der Waals surface area contributed by atoms with Crippen LogP contribution >= 0.6 is 0 Å². The zero-order chi connectivity index (χ0) is 11.2. The second-order valence-corrected chi connectivity index (χ2v) is 4.93. The molecule has 1 heterocycles. The van der Waals surface area contributed by atoms with Crippen LogP contribution in [0.5, 0.6) is 0 Å². The van der Waals surface area contributed by atoms with Gasteiger partial charge in [0.15, 0.2) is 0 Å². The lowest BCUT2D eigenvalue weighted by atomic mass is 9.95. The Balaban J connectivity index is 1.64. The van der Waals surface area contributed by atoms with E-state index < -0.39 is 0 Å². The monoisotopic (exact) mass is 228 g/mol. The highest BCUT2D eigenvalue weighted by atomic mass is 16.5. The van der Waals surface area contributed by atoms with Crippen molar-refractivity contribution in [2.24, 2.45) is 0 Å². The van der Waals surface area contributed by atoms with Crippen LogP contribution < -0.4 is 5.32 Å². The van der Waals surface area contributed by atoms with E-state index in [1.54, 1.807) is 0 Å². The molecule has 0 bridgehead atoms. The summed E-state index contributed by atoms with van der Waals surface area (Å²) in [7, 11) is 0. The lowest BCUT2D eigenvalue weighted by Gasteiger charge is -2.31. The van der Waals surface area contributed by atoms with Gasteiger partial charge in [-0.3, -0.25) is 10.2 Å². The Kier molecular flexibility index (Phi) is 5.03. The Hall–Kier alpha value is -0.160. The summed E-state index contributed by atoms with van der Waals surface area (Å²) in [5, 5.41) is 13.3. The highest BCUT2D eigenvalue weighted by molar-refractivity contribution is 4.75. The van der Waals surface area contributed by atoms with E-state index in [-0.39, 0.29) is 6.23 Å². The van der Waals surface area contributed by atoms with Gasteiger partial charge >= 0.3 is 0 Å². The smallest absolute Gasteiger partial charge is 0.117 e. The van der Waals surface area contributed by atoms with Crippen LogP contribution in [0.3, 0.4) is 0 Å². The maximum absolute atomic E-state index is 9.96. The van der Waals surface area contributed by atoms with Gasteiger partial charge in [-0.15, -0.1) is 0 Å². The maximum Gasteiger partial charge on any atom is 0.117 e. The van der Waals surface area contributed by atoms with E-state index in [2.05, 4.69) is 10.2 Å². The van der Waals surface area contributed by atoms with Gasteiger partial charge in [-0.1, -0.05) is 19.3 Å². The van der Waals surface area contributed by atoms with Gasteiger partial charge in [0.2, 0.25) is 0 Å². The zero-order valence-electron chi connectivity index (χ0n) is 10.0. The molecule has 1 aliphatic heterocycles. The zero-order valence-corrected chi connectivity index (χ0v) is 10.0. The van der Waals surface area contributed by atoms with Gasteiger partial charge in [0.1, 0.15) is 6.23 Å². The SMILES string of the molecule is OC(CN1CCOCC1)NC1CCCCC1. The molecule has 1 saturated carbocycles. The summed E-state index contributed by atoms with van der Waals surface area (Å²) in [6.07, 6.45) is 6.04. The predicted octanol–water partition coefficient (Wildman–Crippen LogP) is 0.559. The quantitative estimate of drug-likeness (QED) is 0.690. The minimum Gasteiger partial charge on any atom is -0.379 e. The topological polar surface area (TPSA) is 44.7 Å². The number of hydrogen-bond donors (Lipinski definition) is 2. The van der Waals surface area contributed by atoms with Gasteiger partial charge in [0, 0.05) is 25.7 Å². The summed E-state index contributed by atoms with van der Waals surface area (Å²) >= 11 is 0. The number of rotatable bonds is 4. The molecule has 2 aliphatic rings. The molecule has 1 unspecified atom stereocenters. The van der Waals surface area contributed by atoms with Crippen molar-refractivity contribution < 1.29 is 9.84 Å². The number of morpholine rings is 1. The molecule has 1 atom stereocenters. The molecule has 16 heavy (non-hydrogen) atoms. The van der Waals surface area contributed by atoms with Crippen LogP contribution in [-0.2, 0) is 4.74 Å². The van der Waals surface area contributed by atoms with E-state index in [4.69, 9.17) is 4.74 Å². The second-order valence-electron chi connectivity index (χ2n) is 4.93. The molecular weight excluding hydrogens is 204 g/mol. The Morgan fingerprint density at radius 2 is 1.88 bits per heavy atom. The van der Waals surface area contributed by atoms with Crippen molar-refractivity contribution in [1.82, 2.24) is 10.2 Å². The van der Waals surface area contributed by atoms with E-state index in [1.807, 2.05) is 0 Å². The Bertz CT molecular complexity index is 169. The predicted molar refractivity (Wildman–Crippen MR) is 63.3 cm³/mol. The van der Waals surface area contributed by atoms with Crippen LogP contribution in [0.15, 0.2) is 0 Å². The first-order valence-electron chi connectivity index (χ1n) is 6.59. The lowest BCUT2D eigenvalue weighted by molar-refractivity contribution is 0.00334. The molecule has 4 nitrogen and oxygen atoms in total. The van der Waals surface area contributed by atoms with Gasteiger partial charge in [-0.25, -0.2) is 0 Å². The third kappa shape index (κ3) is 4.01. The summed E-state index contributed by atoms with van der Waals surface area (Å²) in [6, 6.07) is 0.532. The Morgan fingerprint density at radius 3 is 2.56 bits per heavy atom. The lowest BCUT2D eigenvalue weighted by Crippen LogP contribution is -2.48. The maximum atomic E-state index is 9.96. The minimum absolute atomic E-state index is 0.374. The van der Waals surface area contributed by atoms with Crippen LogP contribution in [0.2, 0.25) is 0 Å². The molecular formula is C12H24N2O2. The van der Waals surface area contributed by atoms with Gasteiger partial charge in [-0.05, 0) is 12.8 Å². The van der Waals surface area contributed by atoms with Crippen LogP contribution in [0.25, 0.3) is 0 Å². The van der Waals surface area contributed by atoms with Gasteiger partial charge in [-0.2, -0.15) is 0 Å². The Morgan fingerprint density at radius 1 is 1.19 bits per heavy atom. The first-order chi connectivity index (χ1) is 7.84. The third-order valence-electron chi connectivity index (χ3n) is 3.57. The summed E-state index contributed by atoms with van der Waals surface area (Å²) in [6.45, 7) is 4.24. The molecule has 0 aromatic heterocycles. The number of ether oxygens (including phenoxy) is 1. The minimum atomic E-state index is -0.374. The highest BCUT2D eigenvalue weighted by Gasteiger charge is 2.19.